The maximum Gasteiger partial charge on any atom is 0.306 e. The van der Waals surface area contributed by atoms with Crippen LogP contribution >= 0.6 is 21.6 Å². The van der Waals surface area contributed by atoms with Crippen LogP contribution in [0.3, 0.4) is 0 Å². The molecule has 1 saturated heterocycles. The quantitative estimate of drug-likeness (QED) is 0.0247. The monoisotopic (exact) mass is 1020 g/mol. The highest BCUT2D eigenvalue weighted by Crippen LogP contribution is 2.39. The van der Waals surface area contributed by atoms with E-state index in [9.17, 15) is 14.4 Å². The van der Waals surface area contributed by atoms with Crippen molar-refractivity contribution in [3.05, 3.63) is 0 Å². The van der Waals surface area contributed by atoms with E-state index >= 15 is 0 Å². The number of hydrogen-bond acceptors (Lipinski definition) is 14. The normalized spacial score (nSPS) is 32.2. The van der Waals surface area contributed by atoms with Gasteiger partial charge in [0.2, 0.25) is 0 Å². The van der Waals surface area contributed by atoms with Gasteiger partial charge in [-0.05, 0) is 32.0 Å². The minimum Gasteiger partial charge on any atom is -0.463 e. The molecule has 1 heterocycles. The van der Waals surface area contributed by atoms with Gasteiger partial charge in [-0.15, -0.1) is 0 Å². The molecule has 384 valence electrons. The zero-order valence-corrected chi connectivity index (χ0v) is 37.1. The van der Waals surface area contributed by atoms with Gasteiger partial charge in [0.05, 0.1) is 79.3 Å². The van der Waals surface area contributed by atoms with Gasteiger partial charge in [-0.3, -0.25) is 14.4 Å². The van der Waals surface area contributed by atoms with Crippen molar-refractivity contribution in [3.8, 4) is 0 Å². The highest BCUT2D eigenvalue weighted by molar-refractivity contribution is 8.77. The second-order valence-electron chi connectivity index (χ2n) is 11.6. The molecule has 1 fully saturated rings. The van der Waals surface area contributed by atoms with Crippen LogP contribution in [0.4, 0.5) is 0 Å². The first-order chi connectivity index (χ1) is 52.4. The highest BCUT2D eigenvalue weighted by Gasteiger charge is 2.18. The van der Waals surface area contributed by atoms with Crippen molar-refractivity contribution in [1.82, 2.24) is 0 Å². The molecule has 1 aliphatic rings. The molecule has 0 bridgehead atoms. The SMILES string of the molecule is [2H]C([2H])([2H])C([2H])([2H])C([2H])([2H])C([2H])([2H])C([2H])([2H])C([2H])([2H])C([2H])([2H])C([2H])([2H])C([2H])([2H])C([2H])([2H])C([2H])([2H])C([2H])([2H])C([2H])([2H])C(=O)OCC(COCCOCCOCCOCCOCCOCCOC(=O)CCCCC1CCSS1)OC(=O)C([2H])([2H])C([2H])([2H])C([2H])([2H])C([2H])([2H])C([2H])([2H])C([2H])([2H])C([2H])([2H])C([2H])([2H])C([2H])([2H])C([2H])([2H])C([2H])([2H])C([2H])([2H])C([2H])([2H])[2H]. The zero-order valence-electron chi connectivity index (χ0n) is 89.5. The van der Waals surface area contributed by atoms with E-state index in [0.29, 0.717) is 11.7 Å². The minimum absolute atomic E-state index is 0.0223. The lowest BCUT2D eigenvalue weighted by Crippen LogP contribution is -2.30. The molecule has 0 saturated carbocycles. The molecule has 0 radical (unpaired) electrons. The lowest BCUT2D eigenvalue weighted by Gasteiger charge is -2.18. The van der Waals surface area contributed by atoms with Crippen LogP contribution < -0.4 is 0 Å². The smallest absolute Gasteiger partial charge is 0.306 e. The summed E-state index contributed by atoms with van der Waals surface area (Å²) in [5, 5.41) is 0.617. The molecule has 1 aliphatic heterocycles. The van der Waals surface area contributed by atoms with Crippen molar-refractivity contribution in [3.63, 3.8) is 0 Å². The van der Waals surface area contributed by atoms with Crippen molar-refractivity contribution in [2.24, 2.45) is 0 Å². The number of carbonyl (C=O) groups excluding carboxylic acids is 3. The molecular weight excluding hydrogens is 869 g/mol. The summed E-state index contributed by atoms with van der Waals surface area (Å²) in [7, 11) is 3.72. The lowest BCUT2D eigenvalue weighted by atomic mass is 10.1. The summed E-state index contributed by atoms with van der Waals surface area (Å²) >= 11 is 0. The Labute approximate surface area is 480 Å². The summed E-state index contributed by atoms with van der Waals surface area (Å²) in [6.45, 7) is -12.7. The van der Waals surface area contributed by atoms with Crippen molar-refractivity contribution in [1.29, 1.82) is 0 Å². The molecule has 0 aliphatic carbocycles. The van der Waals surface area contributed by atoms with E-state index in [0.717, 1.165) is 31.4 Å². The summed E-state index contributed by atoms with van der Waals surface area (Å²) in [4.78, 5) is 39.8. The average Bonchev–Trinajstić information content (AvgIpc) is 0.875. The Bertz CT molecular complexity index is 3300. The molecular formula is C51H96O12S2. The predicted octanol–water partition coefficient (Wildman–Crippen LogP) is 12.2. The number of ether oxygens (including phenoxy) is 9. The second-order valence-corrected chi connectivity index (χ2v) is 14.3. The molecule has 0 aromatic heterocycles. The van der Waals surface area contributed by atoms with Crippen LogP contribution in [-0.4, -0.2) is 128 Å². The van der Waals surface area contributed by atoms with Gasteiger partial charge in [0, 0.05) is 104 Å². The fourth-order valence-corrected chi connectivity index (χ4v) is 7.06. The van der Waals surface area contributed by atoms with E-state index in [2.05, 4.69) is 4.74 Å². The van der Waals surface area contributed by atoms with Crippen molar-refractivity contribution >= 4 is 39.5 Å². The van der Waals surface area contributed by atoms with Crippen molar-refractivity contribution in [2.75, 3.05) is 98.2 Å². The fraction of sp³-hybridized carbons (Fsp3) is 0.941. The third kappa shape index (κ3) is 46.4. The summed E-state index contributed by atoms with van der Waals surface area (Å²) in [6, 6.07) is 0. The zero-order chi connectivity index (χ0) is 94.8. The molecule has 65 heavy (non-hydrogen) atoms. The Kier molecular flexibility index (Phi) is 14.2. The van der Waals surface area contributed by atoms with E-state index in [1.165, 1.54) is 0 Å². The third-order valence-electron chi connectivity index (χ3n) is 6.79. The topological polar surface area (TPSA) is 134 Å². The molecule has 0 amide bonds. The van der Waals surface area contributed by atoms with Gasteiger partial charge in [0.1, 0.15) is 13.2 Å². The van der Waals surface area contributed by atoms with Gasteiger partial charge in [-0.25, -0.2) is 0 Å². The van der Waals surface area contributed by atoms with Crippen LogP contribution in [0.5, 0.6) is 0 Å². The van der Waals surface area contributed by atoms with Crippen LogP contribution in [0.15, 0.2) is 0 Å². The molecule has 2 atom stereocenters. The fourth-order valence-electron chi connectivity index (χ4n) is 4.04. The number of hydrogen-bond donors (Lipinski definition) is 0. The average molecular weight is 1020 g/mol. The Hall–Kier alpha value is -1.13. The molecule has 12 nitrogen and oxygen atoms in total. The minimum atomic E-state index is -5.36. The van der Waals surface area contributed by atoms with Crippen LogP contribution in [0.2, 0.25) is 0 Å². The molecule has 0 aromatic rings. The van der Waals surface area contributed by atoms with Crippen molar-refractivity contribution in [2.45, 2.75) is 210 Å². The maximum atomic E-state index is 14.0. The van der Waals surface area contributed by atoms with Crippen LogP contribution in [0.25, 0.3) is 0 Å². The number of unbranched alkanes of at least 4 members (excludes halogenated alkanes) is 1. The van der Waals surface area contributed by atoms with Gasteiger partial charge in [-0.1, -0.05) is 169 Å². The first-order valence-electron chi connectivity index (χ1n) is 46.7. The van der Waals surface area contributed by atoms with E-state index < -0.39 is 211 Å². The second kappa shape index (κ2) is 50.7. The molecule has 0 spiro atoms. The Morgan fingerprint density at radius 2 is 0.923 bits per heavy atom. The maximum absolute atomic E-state index is 14.0. The largest absolute Gasteiger partial charge is 0.463 e. The van der Waals surface area contributed by atoms with Crippen LogP contribution in [-0.2, 0) is 57.0 Å². The Morgan fingerprint density at radius 3 is 1.38 bits per heavy atom. The van der Waals surface area contributed by atoms with Gasteiger partial charge < -0.3 is 42.6 Å². The van der Waals surface area contributed by atoms with Crippen LogP contribution in [0.1, 0.15) is 273 Å². The van der Waals surface area contributed by atoms with E-state index in [4.69, 9.17) is 112 Å². The van der Waals surface area contributed by atoms with E-state index in [-0.39, 0.29) is 72.0 Å². The van der Waals surface area contributed by atoms with E-state index in [1.807, 2.05) is 21.6 Å². The van der Waals surface area contributed by atoms with Crippen molar-refractivity contribution < 1.29 is 131 Å². The highest BCUT2D eigenvalue weighted by atomic mass is 33.1. The molecule has 14 heteroatoms. The van der Waals surface area contributed by atoms with Gasteiger partial charge in [-0.2, -0.15) is 0 Å². The summed E-state index contributed by atoms with van der Waals surface area (Å²) in [6.07, 6.45) is -122. The summed E-state index contributed by atoms with van der Waals surface area (Å²) in [5.74, 6) is -4.94. The Morgan fingerprint density at radius 1 is 0.492 bits per heavy atom. The standard InChI is InChI=1S/C51H96O12S2/c1-3-5-7-9-11-13-15-17-19-21-23-28-50(53)62-46-47(63-51(54)30-24-22-20-18-16-14-12-10-8-6-4-2)45-60-41-40-58-37-36-56-33-32-55-34-35-57-38-39-59-42-43-61-49(52)29-26-25-27-48-31-44-64-65-48/h47-48H,3-46H2,1-2H3/i1D3,2D3,3D2,4D2,5D2,6D2,7D2,8D2,9D2,10D2,11D2,12D2,13D2,14D2,15D2,16D2,17D2,18D2,19D2,20D2,21D2,22D2,23D2,24D2,28D2,30D2. The first-order valence-corrected chi connectivity index (χ1v) is 22.1. The summed E-state index contributed by atoms with van der Waals surface area (Å²) in [5.41, 5.74) is 0. The van der Waals surface area contributed by atoms with Crippen LogP contribution in [0, 0.1) is 0 Å². The molecule has 1 rings (SSSR count). The summed E-state index contributed by atoms with van der Waals surface area (Å²) < 4.78 is 491. The van der Waals surface area contributed by atoms with Gasteiger partial charge in [0.25, 0.3) is 0 Å². The molecule has 0 aromatic carbocycles. The third-order valence-corrected chi connectivity index (χ3v) is 9.80. The predicted molar refractivity (Wildman–Crippen MR) is 266 cm³/mol. The number of carbonyl (C=O) groups is 3. The van der Waals surface area contributed by atoms with Gasteiger partial charge in [0.15, 0.2) is 6.10 Å². The number of esters is 3. The molecule has 0 N–H and O–H groups in total. The first kappa shape index (κ1) is 18.2. The Balaban J connectivity index is 3.72. The lowest BCUT2D eigenvalue weighted by molar-refractivity contribution is -0.163. The number of rotatable bonds is 52. The van der Waals surface area contributed by atoms with E-state index in [1.54, 1.807) is 0 Å². The molecule has 2 unspecified atom stereocenters. The van der Waals surface area contributed by atoms with Gasteiger partial charge >= 0.3 is 17.9 Å².